The second kappa shape index (κ2) is 8.35. The van der Waals surface area contributed by atoms with Crippen molar-refractivity contribution in [3.05, 3.63) is 77.1 Å². The van der Waals surface area contributed by atoms with E-state index in [1.165, 1.54) is 36.7 Å². The van der Waals surface area contributed by atoms with Crippen LogP contribution in [0.15, 0.2) is 70.2 Å². The third-order valence-electron chi connectivity index (χ3n) is 4.66. The molecular weight excluding hydrogens is 455 g/mol. The monoisotopic (exact) mass is 467 g/mol. The molecule has 170 valence electrons. The minimum atomic E-state index is -4.78. The van der Waals surface area contributed by atoms with Gasteiger partial charge in [0.05, 0.1) is 5.39 Å². The number of nitrogens with zero attached hydrogens (tertiary/aromatic N) is 7. The van der Waals surface area contributed by atoms with Gasteiger partial charge in [0.15, 0.2) is 5.82 Å². The van der Waals surface area contributed by atoms with E-state index in [-0.39, 0.29) is 35.2 Å². The highest BCUT2D eigenvalue weighted by atomic mass is 19.4. The number of ether oxygens (including phenoxy) is 1. The molecule has 2 aromatic carbocycles. The fourth-order valence-corrected chi connectivity index (χ4v) is 3.16. The van der Waals surface area contributed by atoms with Crippen molar-refractivity contribution in [3.8, 4) is 28.6 Å². The molecule has 0 aliphatic heterocycles. The third-order valence-corrected chi connectivity index (χ3v) is 4.66. The maximum Gasteiger partial charge on any atom is 0.573 e. The summed E-state index contributed by atoms with van der Waals surface area (Å²) >= 11 is 0. The molecule has 0 saturated carbocycles. The molecule has 34 heavy (non-hydrogen) atoms. The van der Waals surface area contributed by atoms with E-state index in [0.717, 1.165) is 4.68 Å². The van der Waals surface area contributed by atoms with Crippen LogP contribution in [0.4, 0.5) is 13.2 Å². The van der Waals surface area contributed by atoms with Crippen LogP contribution in [0.5, 0.6) is 5.75 Å². The Morgan fingerprint density at radius 2 is 1.74 bits per heavy atom. The number of fused-ring (bicyclic) bond motifs is 1. The van der Waals surface area contributed by atoms with Gasteiger partial charge in [-0.15, -0.1) is 18.3 Å². The lowest BCUT2D eigenvalue weighted by molar-refractivity contribution is -0.274. The Bertz CT molecular complexity index is 1520. The summed E-state index contributed by atoms with van der Waals surface area (Å²) in [7, 11) is 0. The number of hydrogen-bond acceptors (Lipinski definition) is 9. The molecule has 0 amide bonds. The molecule has 0 aliphatic carbocycles. The highest BCUT2D eigenvalue weighted by molar-refractivity contribution is 5.83. The first-order valence-corrected chi connectivity index (χ1v) is 9.69. The van der Waals surface area contributed by atoms with Crippen molar-refractivity contribution in [1.29, 1.82) is 0 Å². The molecule has 10 nitrogen and oxygen atoms in total. The topological polar surface area (TPSA) is 122 Å². The molecule has 0 fully saturated rings. The van der Waals surface area contributed by atoms with Crippen molar-refractivity contribution in [3.63, 3.8) is 0 Å². The summed E-state index contributed by atoms with van der Waals surface area (Å²) in [6.07, 6.45) is -1.72. The maximum absolute atomic E-state index is 13.0. The van der Waals surface area contributed by atoms with Crippen LogP contribution in [0.1, 0.15) is 5.82 Å². The van der Waals surface area contributed by atoms with E-state index in [2.05, 4.69) is 35.2 Å². The minimum absolute atomic E-state index is 0.0950. The average molecular weight is 467 g/mol. The van der Waals surface area contributed by atoms with Crippen molar-refractivity contribution in [2.75, 3.05) is 0 Å². The van der Waals surface area contributed by atoms with Gasteiger partial charge < -0.3 is 9.26 Å². The lowest BCUT2D eigenvalue weighted by Gasteiger charge is -2.09. The molecule has 0 radical (unpaired) electrons. The Morgan fingerprint density at radius 1 is 1.00 bits per heavy atom. The van der Waals surface area contributed by atoms with Crippen LogP contribution in [0, 0.1) is 0 Å². The van der Waals surface area contributed by atoms with Gasteiger partial charge in [-0.2, -0.15) is 4.98 Å². The normalized spacial score (nSPS) is 11.6. The molecule has 0 atom stereocenters. The van der Waals surface area contributed by atoms with Crippen LogP contribution in [0.25, 0.3) is 33.7 Å². The quantitative estimate of drug-likeness (QED) is 0.383. The predicted octanol–water partition coefficient (Wildman–Crippen LogP) is 3.25. The smallest absolute Gasteiger partial charge is 0.406 e. The minimum Gasteiger partial charge on any atom is -0.406 e. The van der Waals surface area contributed by atoms with Gasteiger partial charge in [-0.3, -0.25) is 4.79 Å². The molecule has 3 heterocycles. The fraction of sp³-hybridized carbons (Fsp3) is 0.0952. The molecule has 0 saturated heterocycles. The van der Waals surface area contributed by atoms with E-state index >= 15 is 0 Å². The van der Waals surface area contributed by atoms with Crippen LogP contribution in [-0.4, -0.2) is 41.5 Å². The molecule has 0 N–H and O–H groups in total. The Kier molecular flexibility index (Phi) is 5.20. The lowest BCUT2D eigenvalue weighted by Crippen LogP contribution is -2.25. The van der Waals surface area contributed by atoms with Crippen LogP contribution < -0.4 is 10.3 Å². The highest BCUT2D eigenvalue weighted by Crippen LogP contribution is 2.27. The first-order chi connectivity index (χ1) is 16.4. The molecule has 0 unspecified atom stereocenters. The van der Waals surface area contributed by atoms with Gasteiger partial charge in [-0.1, -0.05) is 28.6 Å². The van der Waals surface area contributed by atoms with Crippen molar-refractivity contribution in [2.45, 2.75) is 12.9 Å². The standard InChI is InChI=1S/C21H12F3N7O3/c22-21(23,24)33-14-5-2-12(3-6-14)13-4-7-16-15(10-13)20(32)31(30-28-16)11-17-27-19(34-29-17)18-25-8-1-9-26-18/h1-10H,11H2. The zero-order valence-corrected chi connectivity index (χ0v) is 17.0. The maximum atomic E-state index is 13.0. The predicted molar refractivity (Wildman–Crippen MR) is 110 cm³/mol. The summed E-state index contributed by atoms with van der Waals surface area (Å²) in [6, 6.07) is 11.8. The van der Waals surface area contributed by atoms with Gasteiger partial charge in [0.1, 0.15) is 17.8 Å². The first-order valence-electron chi connectivity index (χ1n) is 9.69. The second-order valence-corrected chi connectivity index (χ2v) is 6.94. The summed E-state index contributed by atoms with van der Waals surface area (Å²) < 4.78 is 47.2. The molecule has 0 bridgehead atoms. The largest absolute Gasteiger partial charge is 0.573 e. The molecule has 5 rings (SSSR count). The van der Waals surface area contributed by atoms with Crippen LogP contribution in [0.2, 0.25) is 0 Å². The van der Waals surface area contributed by atoms with Crippen LogP contribution in [-0.2, 0) is 6.54 Å². The van der Waals surface area contributed by atoms with Crippen molar-refractivity contribution < 1.29 is 22.4 Å². The Balaban J connectivity index is 1.43. The van der Waals surface area contributed by atoms with E-state index < -0.39 is 11.9 Å². The van der Waals surface area contributed by atoms with E-state index in [0.29, 0.717) is 16.6 Å². The molecule has 3 aromatic heterocycles. The Labute approximate surface area is 187 Å². The average Bonchev–Trinajstić information content (AvgIpc) is 3.29. The van der Waals surface area contributed by atoms with E-state index in [9.17, 15) is 18.0 Å². The van der Waals surface area contributed by atoms with Gasteiger partial charge in [0.25, 0.3) is 11.4 Å². The van der Waals surface area contributed by atoms with Gasteiger partial charge in [0, 0.05) is 12.4 Å². The van der Waals surface area contributed by atoms with Crippen molar-refractivity contribution >= 4 is 10.9 Å². The molecule has 13 heteroatoms. The second-order valence-electron chi connectivity index (χ2n) is 6.94. The van der Waals surface area contributed by atoms with Crippen molar-refractivity contribution in [2.24, 2.45) is 0 Å². The zero-order valence-electron chi connectivity index (χ0n) is 17.0. The van der Waals surface area contributed by atoms with Crippen LogP contribution in [0.3, 0.4) is 0 Å². The third kappa shape index (κ3) is 4.44. The number of halogens is 3. The van der Waals surface area contributed by atoms with Crippen LogP contribution >= 0.6 is 0 Å². The van der Waals surface area contributed by atoms with Gasteiger partial charge >= 0.3 is 6.36 Å². The van der Waals surface area contributed by atoms with E-state index in [4.69, 9.17) is 4.52 Å². The molecule has 0 aliphatic rings. The van der Waals surface area contributed by atoms with E-state index in [1.54, 1.807) is 24.3 Å². The number of rotatable bonds is 5. The number of aromatic nitrogens is 7. The van der Waals surface area contributed by atoms with Gasteiger partial charge in [0.2, 0.25) is 5.82 Å². The number of benzene rings is 2. The number of hydrogen-bond donors (Lipinski definition) is 0. The highest BCUT2D eigenvalue weighted by Gasteiger charge is 2.31. The van der Waals surface area contributed by atoms with Crippen molar-refractivity contribution in [1.82, 2.24) is 35.1 Å². The number of alkyl halides is 3. The molecular formula is C21H12F3N7O3. The van der Waals surface area contributed by atoms with E-state index in [1.807, 2.05) is 0 Å². The Morgan fingerprint density at radius 3 is 2.47 bits per heavy atom. The summed E-state index contributed by atoms with van der Waals surface area (Å²) in [5, 5.41) is 12.0. The zero-order chi connectivity index (χ0) is 23.7. The van der Waals surface area contributed by atoms with Gasteiger partial charge in [-0.25, -0.2) is 14.6 Å². The summed E-state index contributed by atoms with van der Waals surface area (Å²) in [5.41, 5.74) is 1.09. The molecule has 5 aromatic rings. The fourth-order valence-electron chi connectivity index (χ4n) is 3.16. The Hall–Kier alpha value is -4.68. The summed E-state index contributed by atoms with van der Waals surface area (Å²) in [4.78, 5) is 25.2. The summed E-state index contributed by atoms with van der Waals surface area (Å²) in [5.74, 6) is 0.173. The molecule has 0 spiro atoms. The lowest BCUT2D eigenvalue weighted by atomic mass is 10.0. The first kappa shape index (κ1) is 21.2. The SMILES string of the molecule is O=c1c2cc(-c3ccc(OC(F)(F)F)cc3)ccc2nnn1Cc1noc(-c2ncccn2)n1. The van der Waals surface area contributed by atoms with Gasteiger partial charge in [-0.05, 0) is 41.5 Å². The summed E-state index contributed by atoms with van der Waals surface area (Å²) in [6.45, 7) is -0.105.